The van der Waals surface area contributed by atoms with Crippen molar-refractivity contribution in [3.05, 3.63) is 46.8 Å². The first-order chi connectivity index (χ1) is 12.5. The van der Waals surface area contributed by atoms with Crippen molar-refractivity contribution >= 4 is 11.9 Å². The molecule has 0 bridgehead atoms. The zero-order valence-corrected chi connectivity index (χ0v) is 14.6. The van der Waals surface area contributed by atoms with Gasteiger partial charge in [-0.25, -0.2) is 4.79 Å². The van der Waals surface area contributed by atoms with Gasteiger partial charge >= 0.3 is 5.97 Å². The van der Waals surface area contributed by atoms with Crippen LogP contribution in [0.4, 0.5) is 0 Å². The van der Waals surface area contributed by atoms with E-state index in [0.717, 1.165) is 11.3 Å². The Morgan fingerprint density at radius 3 is 2.88 bits per heavy atom. The first kappa shape index (κ1) is 17.9. The molecule has 3 rings (SSSR count). The summed E-state index contributed by atoms with van der Waals surface area (Å²) in [7, 11) is 0. The molecular weight excluding hydrogens is 340 g/mol. The fourth-order valence-electron chi connectivity index (χ4n) is 2.80. The summed E-state index contributed by atoms with van der Waals surface area (Å²) in [6.07, 6.45) is 0. The number of carbonyl (C=O) groups excluding carboxylic acids is 1. The molecule has 0 aliphatic carbocycles. The smallest absolute Gasteiger partial charge is 0.328 e. The van der Waals surface area contributed by atoms with Crippen LogP contribution in [0.1, 0.15) is 27.4 Å². The van der Waals surface area contributed by atoms with Crippen molar-refractivity contribution in [2.24, 2.45) is 0 Å². The van der Waals surface area contributed by atoms with Gasteiger partial charge in [0, 0.05) is 12.1 Å². The molecule has 0 spiro atoms. The molecule has 1 aromatic heterocycles. The monoisotopic (exact) mass is 360 g/mol. The number of hydrogen-bond donors (Lipinski definition) is 1. The highest BCUT2D eigenvalue weighted by Gasteiger charge is 2.33. The van der Waals surface area contributed by atoms with Gasteiger partial charge in [-0.1, -0.05) is 11.2 Å². The second kappa shape index (κ2) is 7.57. The fourth-order valence-corrected chi connectivity index (χ4v) is 2.80. The van der Waals surface area contributed by atoms with Crippen LogP contribution in [0.2, 0.25) is 0 Å². The van der Waals surface area contributed by atoms with Gasteiger partial charge in [-0.15, -0.1) is 0 Å². The number of ether oxygens (including phenoxy) is 2. The predicted octanol–water partition coefficient (Wildman–Crippen LogP) is 1.80. The third kappa shape index (κ3) is 3.70. The summed E-state index contributed by atoms with van der Waals surface area (Å²) in [5.41, 5.74) is 1.99. The summed E-state index contributed by atoms with van der Waals surface area (Å²) < 4.78 is 16.0. The Kier molecular flexibility index (Phi) is 5.22. The molecule has 26 heavy (non-hydrogen) atoms. The van der Waals surface area contributed by atoms with E-state index >= 15 is 0 Å². The van der Waals surface area contributed by atoms with Crippen LogP contribution in [0.3, 0.4) is 0 Å². The molecule has 138 valence electrons. The Morgan fingerprint density at radius 1 is 1.38 bits per heavy atom. The van der Waals surface area contributed by atoms with Crippen molar-refractivity contribution in [1.29, 1.82) is 0 Å². The molecule has 0 saturated carbocycles. The number of nitrogens with zero attached hydrogens (tertiary/aromatic N) is 2. The van der Waals surface area contributed by atoms with Crippen LogP contribution in [-0.4, -0.2) is 52.8 Å². The second-order valence-corrected chi connectivity index (χ2v) is 6.05. The highest BCUT2D eigenvalue weighted by molar-refractivity contribution is 5.97. The lowest BCUT2D eigenvalue weighted by molar-refractivity contribution is -0.147. The summed E-state index contributed by atoms with van der Waals surface area (Å²) in [4.78, 5) is 25.4. The van der Waals surface area contributed by atoms with E-state index < -0.39 is 12.0 Å². The standard InChI is InChI=1S/C18H20N2O6/c1-11-15(12(2)26-19-11)9-25-14-5-3-4-13(8-14)17(21)20-6-7-24-10-16(20)18(22)23/h3-5,8,16H,6-7,9-10H2,1-2H3,(H,22,23). The zero-order chi connectivity index (χ0) is 18.7. The Bertz CT molecular complexity index is 796. The van der Waals surface area contributed by atoms with Crippen LogP contribution in [0, 0.1) is 13.8 Å². The maximum atomic E-state index is 12.7. The van der Waals surface area contributed by atoms with Crippen LogP contribution in [0.15, 0.2) is 28.8 Å². The van der Waals surface area contributed by atoms with E-state index in [9.17, 15) is 14.7 Å². The Hall–Kier alpha value is -2.87. The van der Waals surface area contributed by atoms with E-state index in [1.807, 2.05) is 13.8 Å². The Morgan fingerprint density at radius 2 is 2.19 bits per heavy atom. The van der Waals surface area contributed by atoms with Crippen LogP contribution in [-0.2, 0) is 16.1 Å². The van der Waals surface area contributed by atoms with Crippen LogP contribution < -0.4 is 4.74 Å². The molecule has 1 aliphatic rings. The SMILES string of the molecule is Cc1noc(C)c1COc1cccc(C(=O)N2CCOCC2C(=O)O)c1. The number of morpholine rings is 1. The highest BCUT2D eigenvalue weighted by Crippen LogP contribution is 2.20. The van der Waals surface area contributed by atoms with E-state index in [1.165, 1.54) is 4.90 Å². The van der Waals surface area contributed by atoms with Crippen LogP contribution in [0.25, 0.3) is 0 Å². The third-order valence-electron chi connectivity index (χ3n) is 4.32. The van der Waals surface area contributed by atoms with Crippen molar-refractivity contribution in [2.75, 3.05) is 19.8 Å². The molecule has 1 fully saturated rings. The molecule has 8 heteroatoms. The minimum atomic E-state index is -1.08. The summed E-state index contributed by atoms with van der Waals surface area (Å²) in [5.74, 6) is -0.240. The van der Waals surface area contributed by atoms with Gasteiger partial charge in [-0.2, -0.15) is 0 Å². The fraction of sp³-hybridized carbons (Fsp3) is 0.389. The summed E-state index contributed by atoms with van der Waals surface area (Å²) in [5, 5.41) is 13.2. The van der Waals surface area contributed by atoms with Crippen molar-refractivity contribution in [2.45, 2.75) is 26.5 Å². The predicted molar refractivity (Wildman–Crippen MR) is 90.0 cm³/mol. The van der Waals surface area contributed by atoms with Gasteiger partial charge in [0.15, 0.2) is 6.04 Å². The van der Waals surface area contributed by atoms with Crippen LogP contribution in [0.5, 0.6) is 5.75 Å². The van der Waals surface area contributed by atoms with E-state index in [-0.39, 0.29) is 25.7 Å². The number of aliphatic carboxylic acids is 1. The quantitative estimate of drug-likeness (QED) is 0.867. The number of rotatable bonds is 5. The summed E-state index contributed by atoms with van der Waals surface area (Å²) >= 11 is 0. The molecule has 8 nitrogen and oxygen atoms in total. The van der Waals surface area contributed by atoms with Gasteiger partial charge in [0.2, 0.25) is 0 Å². The molecular formula is C18H20N2O6. The van der Waals surface area contributed by atoms with Crippen molar-refractivity contribution < 1.29 is 28.7 Å². The number of benzene rings is 1. The van der Waals surface area contributed by atoms with E-state index in [1.54, 1.807) is 24.3 Å². The maximum absolute atomic E-state index is 12.7. The van der Waals surface area contributed by atoms with Crippen molar-refractivity contribution in [3.63, 3.8) is 0 Å². The lowest BCUT2D eigenvalue weighted by Crippen LogP contribution is -2.52. The normalized spacial score (nSPS) is 17.2. The van der Waals surface area contributed by atoms with Gasteiger partial charge < -0.3 is 24.0 Å². The molecule has 1 atom stereocenters. The number of amides is 1. The molecule has 2 heterocycles. The lowest BCUT2D eigenvalue weighted by atomic mass is 10.1. The first-order valence-electron chi connectivity index (χ1n) is 8.23. The molecule has 1 aliphatic heterocycles. The molecule has 1 unspecified atom stereocenters. The number of carbonyl (C=O) groups is 2. The van der Waals surface area contributed by atoms with Gasteiger partial charge in [-0.3, -0.25) is 4.79 Å². The number of carboxylic acid groups (broad SMARTS) is 1. The van der Waals surface area contributed by atoms with Crippen molar-refractivity contribution in [1.82, 2.24) is 10.1 Å². The van der Waals surface area contributed by atoms with E-state index in [4.69, 9.17) is 14.0 Å². The molecule has 1 saturated heterocycles. The highest BCUT2D eigenvalue weighted by atomic mass is 16.5. The van der Waals surface area contributed by atoms with Crippen LogP contribution >= 0.6 is 0 Å². The number of hydrogen-bond acceptors (Lipinski definition) is 6. The van der Waals surface area contributed by atoms with Gasteiger partial charge in [-0.05, 0) is 32.0 Å². The summed E-state index contributed by atoms with van der Waals surface area (Å²) in [6, 6.07) is 5.70. The van der Waals surface area contributed by atoms with E-state index in [0.29, 0.717) is 23.7 Å². The molecule has 1 N–H and O–H groups in total. The topological polar surface area (TPSA) is 102 Å². The molecule has 0 radical (unpaired) electrons. The zero-order valence-electron chi connectivity index (χ0n) is 14.6. The lowest BCUT2D eigenvalue weighted by Gasteiger charge is -2.32. The minimum absolute atomic E-state index is 0.0106. The Balaban J connectivity index is 1.74. The Labute approximate surface area is 150 Å². The van der Waals surface area contributed by atoms with Gasteiger partial charge in [0.25, 0.3) is 5.91 Å². The molecule has 2 aromatic rings. The first-order valence-corrected chi connectivity index (χ1v) is 8.23. The average Bonchev–Trinajstić information content (AvgIpc) is 2.97. The minimum Gasteiger partial charge on any atom is -0.489 e. The third-order valence-corrected chi connectivity index (χ3v) is 4.32. The average molecular weight is 360 g/mol. The molecule has 1 amide bonds. The largest absolute Gasteiger partial charge is 0.489 e. The number of aryl methyl sites for hydroxylation is 2. The van der Waals surface area contributed by atoms with Gasteiger partial charge in [0.1, 0.15) is 18.1 Å². The van der Waals surface area contributed by atoms with Crippen molar-refractivity contribution in [3.8, 4) is 5.75 Å². The summed E-state index contributed by atoms with van der Waals surface area (Å²) in [6.45, 7) is 4.46. The number of carboxylic acids is 1. The number of aromatic nitrogens is 1. The van der Waals surface area contributed by atoms with Gasteiger partial charge in [0.05, 0.1) is 24.5 Å². The van der Waals surface area contributed by atoms with E-state index in [2.05, 4.69) is 5.16 Å². The maximum Gasteiger partial charge on any atom is 0.328 e. The second-order valence-electron chi connectivity index (χ2n) is 6.05. The molecule has 1 aromatic carbocycles.